The monoisotopic (exact) mass is 197 g/mol. The second-order valence-electron chi connectivity index (χ2n) is 4.84. The highest BCUT2D eigenvalue weighted by molar-refractivity contribution is 5.74. The van der Waals surface area contributed by atoms with Crippen molar-refractivity contribution in [3.63, 3.8) is 0 Å². The van der Waals surface area contributed by atoms with Crippen LogP contribution in [0.15, 0.2) is 0 Å². The van der Waals surface area contributed by atoms with Gasteiger partial charge < -0.3 is 5.11 Å². The highest BCUT2D eigenvalue weighted by Gasteiger charge is 2.38. The van der Waals surface area contributed by atoms with Crippen LogP contribution in [0.3, 0.4) is 0 Å². The smallest absolute Gasteiger partial charge is 0.321 e. The highest BCUT2D eigenvalue weighted by Crippen LogP contribution is 2.31. The normalized spacial score (nSPS) is 34.4. The third kappa shape index (κ3) is 1.78. The SMILES string of the molecule is CC1CCN(CC2CCC2)C1C(=O)O. The fourth-order valence-corrected chi connectivity index (χ4v) is 2.64. The van der Waals surface area contributed by atoms with Gasteiger partial charge >= 0.3 is 5.97 Å². The molecule has 0 aromatic heterocycles. The Hall–Kier alpha value is -0.570. The van der Waals surface area contributed by atoms with Crippen molar-refractivity contribution >= 4 is 5.97 Å². The lowest BCUT2D eigenvalue weighted by Gasteiger charge is -2.32. The van der Waals surface area contributed by atoms with E-state index >= 15 is 0 Å². The third-order valence-electron chi connectivity index (χ3n) is 3.77. The van der Waals surface area contributed by atoms with Gasteiger partial charge in [0.2, 0.25) is 0 Å². The fraction of sp³-hybridized carbons (Fsp3) is 0.909. The Kier molecular flexibility index (Phi) is 2.77. The number of hydrogen-bond acceptors (Lipinski definition) is 2. The Balaban J connectivity index is 1.92. The van der Waals surface area contributed by atoms with Gasteiger partial charge in [0.25, 0.3) is 0 Å². The van der Waals surface area contributed by atoms with Crippen molar-refractivity contribution in [1.82, 2.24) is 4.90 Å². The molecule has 0 aromatic carbocycles. The lowest BCUT2D eigenvalue weighted by Crippen LogP contribution is -2.42. The maximum absolute atomic E-state index is 11.1. The molecule has 2 unspecified atom stereocenters. The Bertz CT molecular complexity index is 225. The van der Waals surface area contributed by atoms with Crippen LogP contribution in [0.4, 0.5) is 0 Å². The van der Waals surface area contributed by atoms with Crippen LogP contribution in [0.25, 0.3) is 0 Å². The molecule has 1 heterocycles. The largest absolute Gasteiger partial charge is 0.480 e. The number of carboxylic acid groups (broad SMARTS) is 1. The molecule has 3 nitrogen and oxygen atoms in total. The summed E-state index contributed by atoms with van der Waals surface area (Å²) in [5, 5.41) is 9.12. The van der Waals surface area contributed by atoms with Gasteiger partial charge in [0.05, 0.1) is 0 Å². The zero-order valence-corrected chi connectivity index (χ0v) is 8.78. The van der Waals surface area contributed by atoms with Crippen molar-refractivity contribution in [2.45, 2.75) is 38.6 Å². The van der Waals surface area contributed by atoms with Crippen LogP contribution >= 0.6 is 0 Å². The van der Waals surface area contributed by atoms with E-state index in [0.717, 1.165) is 25.4 Å². The average molecular weight is 197 g/mol. The van der Waals surface area contributed by atoms with Gasteiger partial charge in [0.15, 0.2) is 0 Å². The van der Waals surface area contributed by atoms with E-state index in [-0.39, 0.29) is 6.04 Å². The summed E-state index contributed by atoms with van der Waals surface area (Å²) in [6.45, 7) is 4.05. The third-order valence-corrected chi connectivity index (χ3v) is 3.77. The van der Waals surface area contributed by atoms with Crippen molar-refractivity contribution in [2.75, 3.05) is 13.1 Å². The molecule has 1 aliphatic carbocycles. The molecule has 2 fully saturated rings. The Labute approximate surface area is 85.1 Å². The van der Waals surface area contributed by atoms with Crippen molar-refractivity contribution in [3.8, 4) is 0 Å². The molecule has 0 bridgehead atoms. The molecule has 2 rings (SSSR count). The van der Waals surface area contributed by atoms with Gasteiger partial charge in [0, 0.05) is 6.54 Å². The van der Waals surface area contributed by atoms with Crippen molar-refractivity contribution in [1.29, 1.82) is 0 Å². The predicted molar refractivity (Wildman–Crippen MR) is 54.1 cm³/mol. The summed E-state index contributed by atoms with van der Waals surface area (Å²) in [4.78, 5) is 13.2. The van der Waals surface area contributed by atoms with Crippen LogP contribution in [0.1, 0.15) is 32.6 Å². The molecule has 1 aliphatic heterocycles. The Morgan fingerprint density at radius 2 is 2.14 bits per heavy atom. The Morgan fingerprint density at radius 3 is 2.64 bits per heavy atom. The molecule has 2 aliphatic rings. The minimum atomic E-state index is -0.630. The first-order valence-corrected chi connectivity index (χ1v) is 5.65. The van der Waals surface area contributed by atoms with Crippen molar-refractivity contribution in [2.24, 2.45) is 11.8 Å². The Morgan fingerprint density at radius 1 is 1.43 bits per heavy atom. The van der Waals surface area contributed by atoms with E-state index in [4.69, 9.17) is 5.11 Å². The van der Waals surface area contributed by atoms with E-state index in [2.05, 4.69) is 11.8 Å². The molecule has 1 N–H and O–H groups in total. The fourth-order valence-electron chi connectivity index (χ4n) is 2.64. The predicted octanol–water partition coefficient (Wildman–Crippen LogP) is 1.58. The van der Waals surface area contributed by atoms with E-state index in [0.29, 0.717) is 5.92 Å². The second-order valence-corrected chi connectivity index (χ2v) is 4.84. The average Bonchev–Trinajstić information content (AvgIpc) is 2.39. The molecule has 0 aromatic rings. The van der Waals surface area contributed by atoms with Crippen LogP contribution in [-0.2, 0) is 4.79 Å². The maximum atomic E-state index is 11.1. The lowest BCUT2D eigenvalue weighted by atomic mass is 9.85. The van der Waals surface area contributed by atoms with E-state index in [1.807, 2.05) is 0 Å². The summed E-state index contributed by atoms with van der Waals surface area (Å²) in [5.74, 6) is 0.476. The number of likely N-dealkylation sites (tertiary alicyclic amines) is 1. The first-order valence-electron chi connectivity index (χ1n) is 5.65. The standard InChI is InChI=1S/C11H19NO2/c1-8-5-6-12(10(8)11(13)14)7-9-3-2-4-9/h8-10H,2-7H2,1H3,(H,13,14). The summed E-state index contributed by atoms with van der Waals surface area (Å²) in [6.07, 6.45) is 4.99. The molecular weight excluding hydrogens is 178 g/mol. The number of rotatable bonds is 3. The van der Waals surface area contributed by atoms with Gasteiger partial charge in [-0.1, -0.05) is 13.3 Å². The first-order chi connectivity index (χ1) is 6.68. The van der Waals surface area contributed by atoms with E-state index < -0.39 is 5.97 Å². The van der Waals surface area contributed by atoms with Crippen molar-refractivity contribution in [3.05, 3.63) is 0 Å². The maximum Gasteiger partial charge on any atom is 0.321 e. The molecular formula is C11H19NO2. The number of nitrogens with zero attached hydrogens (tertiary/aromatic N) is 1. The van der Waals surface area contributed by atoms with E-state index in [1.165, 1.54) is 19.3 Å². The van der Waals surface area contributed by atoms with Gasteiger partial charge in [-0.25, -0.2) is 0 Å². The number of carboxylic acids is 1. The summed E-state index contributed by atoms with van der Waals surface area (Å²) >= 11 is 0. The highest BCUT2D eigenvalue weighted by atomic mass is 16.4. The summed E-state index contributed by atoms with van der Waals surface area (Å²) in [6, 6.07) is -0.212. The minimum Gasteiger partial charge on any atom is -0.480 e. The number of carbonyl (C=O) groups is 1. The van der Waals surface area contributed by atoms with E-state index in [9.17, 15) is 4.79 Å². The second kappa shape index (κ2) is 3.89. The van der Waals surface area contributed by atoms with E-state index in [1.54, 1.807) is 0 Å². The number of aliphatic carboxylic acids is 1. The quantitative estimate of drug-likeness (QED) is 0.746. The van der Waals surface area contributed by atoms with Crippen LogP contribution in [0.2, 0.25) is 0 Å². The van der Waals surface area contributed by atoms with Crippen LogP contribution in [0, 0.1) is 11.8 Å². The van der Waals surface area contributed by atoms with Crippen LogP contribution in [-0.4, -0.2) is 35.1 Å². The lowest BCUT2D eigenvalue weighted by molar-refractivity contribution is -0.143. The zero-order chi connectivity index (χ0) is 10.1. The van der Waals surface area contributed by atoms with Gasteiger partial charge in [-0.3, -0.25) is 9.69 Å². The van der Waals surface area contributed by atoms with Crippen LogP contribution in [0.5, 0.6) is 0 Å². The van der Waals surface area contributed by atoms with Gasteiger partial charge in [-0.2, -0.15) is 0 Å². The molecule has 80 valence electrons. The summed E-state index contributed by atoms with van der Waals surface area (Å²) < 4.78 is 0. The topological polar surface area (TPSA) is 40.5 Å². The van der Waals surface area contributed by atoms with Crippen molar-refractivity contribution < 1.29 is 9.90 Å². The minimum absolute atomic E-state index is 0.212. The molecule has 2 atom stereocenters. The number of hydrogen-bond donors (Lipinski definition) is 1. The summed E-state index contributed by atoms with van der Waals surface area (Å²) in [7, 11) is 0. The summed E-state index contributed by atoms with van der Waals surface area (Å²) in [5.41, 5.74) is 0. The molecule has 1 saturated carbocycles. The molecule has 0 radical (unpaired) electrons. The first kappa shape index (κ1) is 9.97. The molecule has 14 heavy (non-hydrogen) atoms. The van der Waals surface area contributed by atoms with Crippen LogP contribution < -0.4 is 0 Å². The molecule has 0 spiro atoms. The van der Waals surface area contributed by atoms with Gasteiger partial charge in [-0.05, 0) is 37.6 Å². The molecule has 1 saturated heterocycles. The zero-order valence-electron chi connectivity index (χ0n) is 8.78. The molecule has 0 amide bonds. The van der Waals surface area contributed by atoms with Gasteiger partial charge in [-0.15, -0.1) is 0 Å². The molecule has 3 heteroatoms. The van der Waals surface area contributed by atoms with Gasteiger partial charge in [0.1, 0.15) is 6.04 Å².